The van der Waals surface area contributed by atoms with Crippen LogP contribution in [0.2, 0.25) is 0 Å². The van der Waals surface area contributed by atoms with E-state index in [1.807, 2.05) is 31.2 Å². The molecule has 7 nitrogen and oxygen atoms in total. The van der Waals surface area contributed by atoms with Gasteiger partial charge in [0.15, 0.2) is 17.1 Å². The quantitative estimate of drug-likeness (QED) is 0.888. The topological polar surface area (TPSA) is 107 Å². The van der Waals surface area contributed by atoms with E-state index in [2.05, 4.69) is 10.1 Å². The molecule has 0 bridgehead atoms. The number of anilines is 1. The van der Waals surface area contributed by atoms with Gasteiger partial charge in [-0.3, -0.25) is 5.41 Å². The van der Waals surface area contributed by atoms with Crippen LogP contribution in [0, 0.1) is 12.3 Å². The molecule has 0 amide bonds. The first-order valence-electron chi connectivity index (χ1n) is 7.04. The van der Waals surface area contributed by atoms with Gasteiger partial charge in [0.1, 0.15) is 0 Å². The average molecular weight is 301 g/mol. The summed E-state index contributed by atoms with van der Waals surface area (Å²) in [5, 5.41) is 11.8. The molecule has 0 aliphatic rings. The molecule has 0 fully saturated rings. The van der Waals surface area contributed by atoms with E-state index >= 15 is 0 Å². The molecule has 1 heterocycles. The summed E-state index contributed by atoms with van der Waals surface area (Å²) in [6, 6.07) is 8.15. The molecule has 1 aromatic carbocycles. The molecule has 7 heteroatoms. The highest BCUT2D eigenvalue weighted by Gasteiger charge is 2.12. The maximum atomic E-state index is 11.8. The minimum Gasteiger partial charge on any atom is -0.448 e. The Morgan fingerprint density at radius 3 is 2.64 bits per heavy atom. The van der Waals surface area contributed by atoms with Gasteiger partial charge >= 0.3 is 6.09 Å². The Kier molecular flexibility index (Phi) is 4.88. The molecule has 1 aromatic heterocycles. The lowest BCUT2D eigenvalue weighted by atomic mass is 10.1. The third-order valence-corrected chi connectivity index (χ3v) is 3.12. The summed E-state index contributed by atoms with van der Waals surface area (Å²) in [6.07, 6.45) is 0.519. The average Bonchev–Trinajstić information content (AvgIpc) is 2.50. The number of nitrogens with one attached hydrogen (secondary N) is 1. The van der Waals surface area contributed by atoms with Crippen LogP contribution in [0.15, 0.2) is 24.3 Å². The number of hydrogen-bond acceptors (Lipinski definition) is 6. The number of nitrogens with two attached hydrogens (primary N) is 1. The van der Waals surface area contributed by atoms with Crippen molar-refractivity contribution in [2.45, 2.75) is 26.7 Å². The predicted molar refractivity (Wildman–Crippen MR) is 81.3 cm³/mol. The van der Waals surface area contributed by atoms with Crippen LogP contribution in [-0.4, -0.2) is 27.5 Å². The fourth-order valence-corrected chi connectivity index (χ4v) is 1.92. The van der Waals surface area contributed by atoms with E-state index < -0.39 is 6.09 Å². The Hall–Kier alpha value is -2.70. The molecule has 116 valence electrons. The van der Waals surface area contributed by atoms with Crippen LogP contribution in [0.3, 0.4) is 0 Å². The fourth-order valence-electron chi connectivity index (χ4n) is 1.92. The molecular formula is C15H19N5O2. The molecular weight excluding hydrogens is 282 g/mol. The number of ether oxygens (including phenoxy) is 1. The van der Waals surface area contributed by atoms with E-state index in [-0.39, 0.29) is 17.9 Å². The zero-order valence-electron chi connectivity index (χ0n) is 12.7. The third-order valence-electron chi connectivity index (χ3n) is 3.12. The Labute approximate surface area is 128 Å². The van der Waals surface area contributed by atoms with Crippen molar-refractivity contribution in [3.05, 3.63) is 46.7 Å². The van der Waals surface area contributed by atoms with Crippen molar-refractivity contribution in [2.24, 2.45) is 0 Å². The second kappa shape index (κ2) is 6.84. The van der Waals surface area contributed by atoms with Crippen molar-refractivity contribution in [2.75, 3.05) is 12.3 Å². The van der Waals surface area contributed by atoms with Crippen molar-refractivity contribution in [3.8, 4) is 0 Å². The fraction of sp³-hybridized carbons (Fsp3) is 0.333. The Balaban J connectivity index is 2.19. The van der Waals surface area contributed by atoms with E-state index in [4.69, 9.17) is 15.9 Å². The van der Waals surface area contributed by atoms with Gasteiger partial charge in [0.2, 0.25) is 0 Å². The molecule has 0 saturated heterocycles. The standard InChI is InChI=1S/C15H19N5O2/c1-3-22-15(21)20-14(17)13(16)18-12(19-20)9-8-11-6-4-10(2)5-7-11/h4-7,17H,3,8-9H2,1-2H3,(H2,16,18,19). The lowest BCUT2D eigenvalue weighted by Gasteiger charge is -2.08. The number of carbonyl (C=O) groups is 1. The summed E-state index contributed by atoms with van der Waals surface area (Å²) in [7, 11) is 0. The van der Waals surface area contributed by atoms with Crippen molar-refractivity contribution in [1.29, 1.82) is 5.41 Å². The zero-order valence-corrected chi connectivity index (χ0v) is 12.7. The van der Waals surface area contributed by atoms with E-state index in [1.165, 1.54) is 5.56 Å². The highest BCUT2D eigenvalue weighted by atomic mass is 16.5. The van der Waals surface area contributed by atoms with E-state index in [9.17, 15) is 4.79 Å². The van der Waals surface area contributed by atoms with E-state index in [0.717, 1.165) is 16.7 Å². The van der Waals surface area contributed by atoms with Gasteiger partial charge in [-0.25, -0.2) is 9.78 Å². The maximum Gasteiger partial charge on any atom is 0.436 e. The molecule has 0 radical (unpaired) electrons. The summed E-state index contributed by atoms with van der Waals surface area (Å²) >= 11 is 0. The van der Waals surface area contributed by atoms with Crippen molar-refractivity contribution >= 4 is 11.9 Å². The molecule has 0 aliphatic heterocycles. The van der Waals surface area contributed by atoms with Crippen molar-refractivity contribution in [3.63, 3.8) is 0 Å². The van der Waals surface area contributed by atoms with Gasteiger partial charge in [-0.15, -0.1) is 9.78 Å². The van der Waals surface area contributed by atoms with Gasteiger partial charge in [0, 0.05) is 6.42 Å². The van der Waals surface area contributed by atoms with Crippen molar-refractivity contribution in [1.82, 2.24) is 14.8 Å². The van der Waals surface area contributed by atoms with Gasteiger partial charge in [-0.05, 0) is 25.8 Å². The molecule has 0 saturated carbocycles. The minimum absolute atomic E-state index is 0.0399. The lowest BCUT2D eigenvalue weighted by Crippen LogP contribution is -2.34. The van der Waals surface area contributed by atoms with E-state index in [1.54, 1.807) is 6.92 Å². The van der Waals surface area contributed by atoms with Crippen LogP contribution in [0.5, 0.6) is 0 Å². The first-order chi connectivity index (χ1) is 10.5. The molecule has 0 unspecified atom stereocenters. The number of nitrogens with zero attached hydrogens (tertiary/aromatic N) is 3. The Bertz CT molecular complexity index is 722. The Morgan fingerprint density at radius 2 is 2.00 bits per heavy atom. The van der Waals surface area contributed by atoms with Gasteiger partial charge in [0.25, 0.3) is 0 Å². The largest absolute Gasteiger partial charge is 0.448 e. The molecule has 2 aromatic rings. The molecule has 22 heavy (non-hydrogen) atoms. The predicted octanol–water partition coefficient (Wildman–Crippen LogP) is 1.44. The minimum atomic E-state index is -0.724. The third kappa shape index (κ3) is 3.69. The maximum absolute atomic E-state index is 11.8. The molecule has 2 rings (SSSR count). The summed E-state index contributed by atoms with van der Waals surface area (Å²) in [4.78, 5) is 15.8. The lowest BCUT2D eigenvalue weighted by molar-refractivity contribution is 0.148. The number of aryl methyl sites for hydroxylation is 3. The smallest absolute Gasteiger partial charge is 0.436 e. The van der Waals surface area contributed by atoms with Crippen LogP contribution < -0.4 is 11.2 Å². The summed E-state index contributed by atoms with van der Waals surface area (Å²) < 4.78 is 5.70. The number of nitrogen functional groups attached to an aromatic ring is 1. The first kappa shape index (κ1) is 15.7. The normalized spacial score (nSPS) is 10.5. The van der Waals surface area contributed by atoms with Crippen LogP contribution in [-0.2, 0) is 17.6 Å². The molecule has 0 aliphatic carbocycles. The second-order valence-corrected chi connectivity index (χ2v) is 4.86. The second-order valence-electron chi connectivity index (χ2n) is 4.86. The number of rotatable bonds is 4. The van der Waals surface area contributed by atoms with Crippen LogP contribution in [0.1, 0.15) is 23.9 Å². The highest BCUT2D eigenvalue weighted by molar-refractivity contribution is 5.69. The van der Waals surface area contributed by atoms with E-state index in [0.29, 0.717) is 12.2 Å². The van der Waals surface area contributed by atoms with Crippen LogP contribution in [0.25, 0.3) is 0 Å². The summed E-state index contributed by atoms with van der Waals surface area (Å²) in [5.41, 5.74) is 7.75. The van der Waals surface area contributed by atoms with Crippen molar-refractivity contribution < 1.29 is 9.53 Å². The van der Waals surface area contributed by atoms with Gasteiger partial charge < -0.3 is 10.5 Å². The van der Waals surface area contributed by atoms with Crippen LogP contribution >= 0.6 is 0 Å². The van der Waals surface area contributed by atoms with Gasteiger partial charge in [0.05, 0.1) is 6.61 Å². The highest BCUT2D eigenvalue weighted by Crippen LogP contribution is 2.06. The number of hydrogen-bond donors (Lipinski definition) is 2. The molecule has 3 N–H and O–H groups in total. The number of carbonyl (C=O) groups excluding carboxylic acids is 1. The summed E-state index contributed by atoms with van der Waals surface area (Å²) in [6.45, 7) is 3.92. The SMILES string of the molecule is CCOC(=O)n1nc(CCc2ccc(C)cc2)nc(N)c1=N. The Morgan fingerprint density at radius 1 is 1.32 bits per heavy atom. The van der Waals surface area contributed by atoms with Gasteiger partial charge in [-0.1, -0.05) is 29.8 Å². The monoisotopic (exact) mass is 301 g/mol. The number of benzene rings is 1. The van der Waals surface area contributed by atoms with Gasteiger partial charge in [-0.2, -0.15) is 0 Å². The molecule has 0 atom stereocenters. The summed E-state index contributed by atoms with van der Waals surface area (Å²) in [5.74, 6) is 0.365. The first-order valence-corrected chi connectivity index (χ1v) is 7.04. The number of aromatic nitrogens is 3. The molecule has 0 spiro atoms. The zero-order chi connectivity index (χ0) is 16.1. The van der Waals surface area contributed by atoms with Crippen LogP contribution in [0.4, 0.5) is 10.6 Å².